The normalized spacial score (nSPS) is 17.2. The molecule has 6 heteroatoms. The van der Waals surface area contributed by atoms with Gasteiger partial charge in [0.25, 0.3) is 0 Å². The molecular formula is C13H15NO4S. The number of Topliss-reactive ketones (excluding diaryl/α,β-unsaturated/α-hetero) is 1. The quantitative estimate of drug-likeness (QED) is 0.786. The molecule has 0 aliphatic carbocycles. The summed E-state index contributed by atoms with van der Waals surface area (Å²) in [4.78, 5) is 24.7. The molecule has 0 radical (unpaired) electrons. The molecule has 1 heterocycles. The molecule has 102 valence electrons. The topological polar surface area (TPSA) is 71.5 Å². The van der Waals surface area contributed by atoms with Crippen molar-refractivity contribution in [1.29, 1.82) is 0 Å². The number of ketones is 1. The second-order valence-corrected chi connectivity index (χ2v) is 6.50. The lowest BCUT2D eigenvalue weighted by Crippen LogP contribution is -2.41. The molecule has 0 saturated carbocycles. The summed E-state index contributed by atoms with van der Waals surface area (Å²) in [7, 11) is -3.64. The lowest BCUT2D eigenvalue weighted by atomic mass is 10.1. The van der Waals surface area contributed by atoms with Crippen LogP contribution in [0.25, 0.3) is 0 Å². The number of hydrogen-bond donors (Lipinski definition) is 0. The first kappa shape index (κ1) is 13.7. The molecule has 1 aromatic rings. The van der Waals surface area contributed by atoms with Crippen molar-refractivity contribution >= 4 is 27.2 Å². The fourth-order valence-electron chi connectivity index (χ4n) is 2.13. The van der Waals surface area contributed by atoms with Crippen LogP contribution >= 0.6 is 0 Å². The number of sulfone groups is 1. The SMILES string of the molecule is CCCN1C(=O)CS(=O)(=O)c2cc(C(C)=O)ccc21. The molecule has 1 amide bonds. The molecule has 19 heavy (non-hydrogen) atoms. The Morgan fingerprint density at radius 2 is 2.05 bits per heavy atom. The molecule has 0 aromatic heterocycles. The second-order valence-electron chi connectivity index (χ2n) is 4.54. The number of rotatable bonds is 3. The van der Waals surface area contributed by atoms with Gasteiger partial charge in [0.05, 0.1) is 10.6 Å². The number of anilines is 1. The van der Waals surface area contributed by atoms with Gasteiger partial charge in [-0.3, -0.25) is 9.59 Å². The van der Waals surface area contributed by atoms with Crippen LogP contribution in [0.15, 0.2) is 23.1 Å². The molecule has 2 rings (SSSR count). The Bertz CT molecular complexity index is 649. The first-order valence-corrected chi connectivity index (χ1v) is 7.70. The highest BCUT2D eigenvalue weighted by atomic mass is 32.2. The van der Waals surface area contributed by atoms with Crippen LogP contribution in [0.5, 0.6) is 0 Å². The van der Waals surface area contributed by atoms with Crippen LogP contribution in [0.4, 0.5) is 5.69 Å². The number of hydrogen-bond acceptors (Lipinski definition) is 4. The van der Waals surface area contributed by atoms with Crippen molar-refractivity contribution in [3.63, 3.8) is 0 Å². The monoisotopic (exact) mass is 281 g/mol. The van der Waals surface area contributed by atoms with Crippen molar-refractivity contribution in [2.75, 3.05) is 17.2 Å². The van der Waals surface area contributed by atoms with Crippen LogP contribution in [0.3, 0.4) is 0 Å². The highest BCUT2D eigenvalue weighted by molar-refractivity contribution is 7.92. The van der Waals surface area contributed by atoms with Gasteiger partial charge in [-0.15, -0.1) is 0 Å². The number of fused-ring (bicyclic) bond motifs is 1. The van der Waals surface area contributed by atoms with Gasteiger partial charge < -0.3 is 4.90 Å². The van der Waals surface area contributed by atoms with Crippen LogP contribution in [-0.4, -0.2) is 32.4 Å². The zero-order valence-corrected chi connectivity index (χ0v) is 11.7. The Kier molecular flexibility index (Phi) is 3.45. The maximum Gasteiger partial charge on any atom is 0.242 e. The number of benzene rings is 1. The first-order chi connectivity index (χ1) is 8.86. The van der Waals surface area contributed by atoms with E-state index in [1.54, 1.807) is 6.07 Å². The first-order valence-electron chi connectivity index (χ1n) is 6.05. The fraction of sp³-hybridized carbons (Fsp3) is 0.385. The lowest BCUT2D eigenvalue weighted by Gasteiger charge is -2.29. The highest BCUT2D eigenvalue weighted by Crippen LogP contribution is 2.32. The highest BCUT2D eigenvalue weighted by Gasteiger charge is 2.34. The van der Waals surface area contributed by atoms with E-state index >= 15 is 0 Å². The van der Waals surface area contributed by atoms with Gasteiger partial charge in [0, 0.05) is 12.1 Å². The van der Waals surface area contributed by atoms with Gasteiger partial charge >= 0.3 is 0 Å². The Labute approximate surface area is 112 Å². The Balaban J connectivity index is 2.64. The van der Waals surface area contributed by atoms with E-state index < -0.39 is 21.5 Å². The maximum atomic E-state index is 12.0. The molecule has 0 fully saturated rings. The van der Waals surface area contributed by atoms with E-state index in [9.17, 15) is 18.0 Å². The zero-order valence-electron chi connectivity index (χ0n) is 10.8. The summed E-state index contributed by atoms with van der Waals surface area (Å²) in [6, 6.07) is 4.45. The van der Waals surface area contributed by atoms with Crippen LogP contribution in [-0.2, 0) is 14.6 Å². The fourth-order valence-corrected chi connectivity index (χ4v) is 3.57. The van der Waals surface area contributed by atoms with E-state index in [0.29, 0.717) is 17.8 Å². The minimum absolute atomic E-state index is 0.0771. The predicted octanol–water partition coefficient (Wildman–Crippen LogP) is 1.42. The largest absolute Gasteiger partial charge is 0.310 e. The lowest BCUT2D eigenvalue weighted by molar-refractivity contribution is -0.116. The van der Waals surface area contributed by atoms with Crippen molar-refractivity contribution in [1.82, 2.24) is 0 Å². The minimum atomic E-state index is -3.64. The number of nitrogens with zero attached hydrogens (tertiary/aromatic N) is 1. The molecule has 1 aromatic carbocycles. The summed E-state index contributed by atoms with van der Waals surface area (Å²) in [5, 5.41) is 0. The van der Waals surface area contributed by atoms with E-state index in [2.05, 4.69) is 0 Å². The van der Waals surface area contributed by atoms with Crippen molar-refractivity contribution in [3.05, 3.63) is 23.8 Å². The average Bonchev–Trinajstić information content (AvgIpc) is 2.33. The van der Waals surface area contributed by atoms with E-state index in [1.165, 1.54) is 24.0 Å². The molecule has 0 spiro atoms. The summed E-state index contributed by atoms with van der Waals surface area (Å²) in [6.07, 6.45) is 0.736. The second kappa shape index (κ2) is 4.77. The summed E-state index contributed by atoms with van der Waals surface area (Å²) < 4.78 is 24.1. The molecule has 1 aliphatic rings. The van der Waals surface area contributed by atoms with Crippen LogP contribution < -0.4 is 4.90 Å². The molecule has 1 aliphatic heterocycles. The van der Waals surface area contributed by atoms with Gasteiger partial charge in [-0.05, 0) is 31.5 Å². The van der Waals surface area contributed by atoms with E-state index in [1.807, 2.05) is 6.92 Å². The van der Waals surface area contributed by atoms with Crippen LogP contribution in [0, 0.1) is 0 Å². The molecule has 0 unspecified atom stereocenters. The number of amides is 1. The number of carbonyl (C=O) groups is 2. The Morgan fingerprint density at radius 1 is 1.37 bits per heavy atom. The van der Waals surface area contributed by atoms with Crippen molar-refractivity contribution in [3.8, 4) is 0 Å². The van der Waals surface area contributed by atoms with E-state index in [-0.39, 0.29) is 10.7 Å². The molecule has 0 atom stereocenters. The van der Waals surface area contributed by atoms with Crippen LogP contribution in [0.1, 0.15) is 30.6 Å². The molecule has 5 nitrogen and oxygen atoms in total. The summed E-state index contributed by atoms with van der Waals surface area (Å²) in [5.41, 5.74) is 0.719. The van der Waals surface area contributed by atoms with E-state index in [4.69, 9.17) is 0 Å². The van der Waals surface area contributed by atoms with Gasteiger partial charge in [0.2, 0.25) is 5.91 Å². The third-order valence-electron chi connectivity index (χ3n) is 3.05. The summed E-state index contributed by atoms with van der Waals surface area (Å²) in [6.45, 7) is 3.77. The third-order valence-corrected chi connectivity index (χ3v) is 4.68. The van der Waals surface area contributed by atoms with Crippen LogP contribution in [0.2, 0.25) is 0 Å². The van der Waals surface area contributed by atoms with Gasteiger partial charge in [-0.2, -0.15) is 0 Å². The zero-order chi connectivity index (χ0) is 14.2. The third kappa shape index (κ3) is 2.40. The van der Waals surface area contributed by atoms with Crippen molar-refractivity contribution < 1.29 is 18.0 Å². The van der Waals surface area contributed by atoms with Gasteiger partial charge in [-0.1, -0.05) is 6.92 Å². The van der Waals surface area contributed by atoms with Crippen molar-refractivity contribution in [2.24, 2.45) is 0 Å². The molecule has 0 N–H and O–H groups in total. The molecular weight excluding hydrogens is 266 g/mol. The van der Waals surface area contributed by atoms with Gasteiger partial charge in [0.1, 0.15) is 5.75 Å². The average molecular weight is 281 g/mol. The smallest absolute Gasteiger partial charge is 0.242 e. The van der Waals surface area contributed by atoms with Gasteiger partial charge in [0.15, 0.2) is 15.6 Å². The molecule has 0 bridgehead atoms. The Hall–Kier alpha value is -1.69. The maximum absolute atomic E-state index is 12.0. The molecule has 0 saturated heterocycles. The Morgan fingerprint density at radius 3 is 2.63 bits per heavy atom. The number of carbonyl (C=O) groups excluding carboxylic acids is 2. The summed E-state index contributed by atoms with van der Waals surface area (Å²) in [5.74, 6) is -1.14. The standard InChI is InChI=1S/C13H15NO4S/c1-3-6-14-11-5-4-10(9(2)15)7-12(11)19(17,18)8-13(14)16/h4-5,7H,3,6,8H2,1-2H3. The van der Waals surface area contributed by atoms with Crippen molar-refractivity contribution in [2.45, 2.75) is 25.2 Å². The van der Waals surface area contributed by atoms with Gasteiger partial charge in [-0.25, -0.2) is 8.42 Å². The summed E-state index contributed by atoms with van der Waals surface area (Å²) >= 11 is 0. The van der Waals surface area contributed by atoms with E-state index in [0.717, 1.165) is 6.42 Å². The minimum Gasteiger partial charge on any atom is -0.310 e. The predicted molar refractivity (Wildman–Crippen MR) is 71.1 cm³/mol.